The Morgan fingerprint density at radius 2 is 2.37 bits per heavy atom. The van der Waals surface area contributed by atoms with Crippen LogP contribution in [-0.4, -0.2) is 42.2 Å². The van der Waals surface area contributed by atoms with Gasteiger partial charge in [0, 0.05) is 12.6 Å². The van der Waals surface area contributed by atoms with Crippen molar-refractivity contribution in [2.24, 2.45) is 0 Å². The summed E-state index contributed by atoms with van der Waals surface area (Å²) < 4.78 is 13.6. The highest BCUT2D eigenvalue weighted by Gasteiger charge is 2.21. The van der Waals surface area contributed by atoms with Crippen molar-refractivity contribution in [2.45, 2.75) is 18.9 Å². The zero-order chi connectivity index (χ0) is 14.0. The Kier molecular flexibility index (Phi) is 3.90. The van der Waals surface area contributed by atoms with Gasteiger partial charge in [0.2, 0.25) is 0 Å². The van der Waals surface area contributed by atoms with Crippen molar-refractivity contribution < 1.29 is 14.3 Å². The molecule has 0 radical (unpaired) electrons. The van der Waals surface area contributed by atoms with Crippen LogP contribution in [0.5, 0.6) is 0 Å². The number of carbonyl (C=O) groups is 1. The maximum absolute atomic E-state index is 13.6. The molecular formula is C13H18FN3O2. The SMILES string of the molecule is CN1CCCC1CNc1cc(F)c(C(=O)O)cc1N. The molecule has 0 bridgehead atoms. The number of aromatic carboxylic acids is 1. The van der Waals surface area contributed by atoms with Crippen LogP contribution in [0.15, 0.2) is 12.1 Å². The number of hydrogen-bond donors (Lipinski definition) is 3. The third-order valence-electron chi connectivity index (χ3n) is 3.57. The van der Waals surface area contributed by atoms with E-state index in [2.05, 4.69) is 17.3 Å². The Morgan fingerprint density at radius 3 is 2.95 bits per heavy atom. The van der Waals surface area contributed by atoms with E-state index in [4.69, 9.17) is 10.8 Å². The van der Waals surface area contributed by atoms with Gasteiger partial charge in [0.15, 0.2) is 0 Å². The molecule has 1 aliphatic heterocycles. The molecule has 0 amide bonds. The van der Waals surface area contributed by atoms with Gasteiger partial charge in [-0.1, -0.05) is 0 Å². The lowest BCUT2D eigenvalue weighted by Crippen LogP contribution is -2.31. The number of benzene rings is 1. The number of anilines is 2. The lowest BCUT2D eigenvalue weighted by atomic mass is 10.1. The lowest BCUT2D eigenvalue weighted by Gasteiger charge is -2.21. The molecular weight excluding hydrogens is 249 g/mol. The van der Waals surface area contributed by atoms with E-state index in [0.717, 1.165) is 31.5 Å². The monoisotopic (exact) mass is 267 g/mol. The Balaban J connectivity index is 2.08. The second-order valence-electron chi connectivity index (χ2n) is 4.88. The predicted octanol–water partition coefficient (Wildman–Crippen LogP) is 1.61. The van der Waals surface area contributed by atoms with Gasteiger partial charge in [-0.3, -0.25) is 0 Å². The Labute approximate surface area is 111 Å². The van der Waals surface area contributed by atoms with Gasteiger partial charge in [-0.05, 0) is 38.6 Å². The van der Waals surface area contributed by atoms with Crippen molar-refractivity contribution in [1.29, 1.82) is 0 Å². The average molecular weight is 267 g/mol. The fourth-order valence-corrected chi connectivity index (χ4v) is 2.37. The predicted molar refractivity (Wildman–Crippen MR) is 71.9 cm³/mol. The van der Waals surface area contributed by atoms with E-state index in [-0.39, 0.29) is 5.69 Å². The van der Waals surface area contributed by atoms with E-state index >= 15 is 0 Å². The largest absolute Gasteiger partial charge is 0.478 e. The molecule has 0 aliphatic carbocycles. The van der Waals surface area contributed by atoms with Gasteiger partial charge in [-0.15, -0.1) is 0 Å². The number of rotatable bonds is 4. The number of carboxylic acids is 1. The minimum absolute atomic E-state index is 0.249. The van der Waals surface area contributed by atoms with Gasteiger partial charge in [0.1, 0.15) is 5.82 Å². The van der Waals surface area contributed by atoms with Crippen LogP contribution in [0.4, 0.5) is 15.8 Å². The molecule has 0 saturated carbocycles. The van der Waals surface area contributed by atoms with Gasteiger partial charge in [-0.2, -0.15) is 0 Å². The smallest absolute Gasteiger partial charge is 0.338 e. The van der Waals surface area contributed by atoms with Gasteiger partial charge >= 0.3 is 5.97 Å². The molecule has 19 heavy (non-hydrogen) atoms. The lowest BCUT2D eigenvalue weighted by molar-refractivity contribution is 0.0692. The van der Waals surface area contributed by atoms with Gasteiger partial charge < -0.3 is 21.1 Å². The third-order valence-corrected chi connectivity index (χ3v) is 3.57. The van der Waals surface area contributed by atoms with Crippen LogP contribution in [-0.2, 0) is 0 Å². The normalized spacial score (nSPS) is 19.6. The second-order valence-corrected chi connectivity index (χ2v) is 4.88. The van der Waals surface area contributed by atoms with E-state index in [1.54, 1.807) is 0 Å². The molecule has 1 heterocycles. The molecule has 2 rings (SSSR count). The van der Waals surface area contributed by atoms with Crippen molar-refractivity contribution in [3.8, 4) is 0 Å². The van der Waals surface area contributed by atoms with E-state index < -0.39 is 17.3 Å². The molecule has 6 heteroatoms. The van der Waals surface area contributed by atoms with Crippen molar-refractivity contribution in [1.82, 2.24) is 4.90 Å². The quantitative estimate of drug-likeness (QED) is 0.722. The highest BCUT2D eigenvalue weighted by Crippen LogP contribution is 2.24. The van der Waals surface area contributed by atoms with E-state index in [1.165, 1.54) is 0 Å². The first-order valence-electron chi connectivity index (χ1n) is 6.25. The minimum Gasteiger partial charge on any atom is -0.478 e. The third kappa shape index (κ3) is 2.96. The highest BCUT2D eigenvalue weighted by molar-refractivity contribution is 5.90. The van der Waals surface area contributed by atoms with Crippen molar-refractivity contribution >= 4 is 17.3 Å². The first kappa shape index (κ1) is 13.6. The Morgan fingerprint density at radius 1 is 1.63 bits per heavy atom. The van der Waals surface area contributed by atoms with Crippen LogP contribution in [0, 0.1) is 5.82 Å². The topological polar surface area (TPSA) is 78.6 Å². The zero-order valence-electron chi connectivity index (χ0n) is 10.8. The van der Waals surface area contributed by atoms with Crippen LogP contribution in [0.3, 0.4) is 0 Å². The zero-order valence-corrected chi connectivity index (χ0v) is 10.8. The summed E-state index contributed by atoms with van der Waals surface area (Å²) >= 11 is 0. The molecule has 104 valence electrons. The number of likely N-dealkylation sites (N-methyl/N-ethyl adjacent to an activating group) is 1. The summed E-state index contributed by atoms with van der Waals surface area (Å²) in [7, 11) is 2.05. The second kappa shape index (κ2) is 5.44. The molecule has 5 nitrogen and oxygen atoms in total. The van der Waals surface area contributed by atoms with Gasteiger partial charge in [-0.25, -0.2) is 9.18 Å². The Bertz CT molecular complexity index is 493. The van der Waals surface area contributed by atoms with Crippen LogP contribution < -0.4 is 11.1 Å². The molecule has 0 spiro atoms. The summed E-state index contributed by atoms with van der Waals surface area (Å²) in [5.74, 6) is -2.09. The van der Waals surface area contributed by atoms with Gasteiger partial charge in [0.25, 0.3) is 0 Å². The summed E-state index contributed by atoms with van der Waals surface area (Å²) in [6.45, 7) is 1.74. The van der Waals surface area contributed by atoms with Crippen LogP contribution in [0.25, 0.3) is 0 Å². The maximum Gasteiger partial charge on any atom is 0.338 e. The molecule has 0 aromatic heterocycles. The molecule has 1 unspecified atom stereocenters. The molecule has 1 aromatic rings. The number of hydrogen-bond acceptors (Lipinski definition) is 4. The van der Waals surface area contributed by atoms with Crippen molar-refractivity contribution in [3.05, 3.63) is 23.5 Å². The van der Waals surface area contributed by atoms with Crippen LogP contribution >= 0.6 is 0 Å². The first-order valence-corrected chi connectivity index (χ1v) is 6.25. The summed E-state index contributed by atoms with van der Waals surface area (Å²) in [6, 6.07) is 2.70. The number of halogens is 1. The van der Waals surface area contributed by atoms with Crippen LogP contribution in [0.2, 0.25) is 0 Å². The number of carboxylic acid groups (broad SMARTS) is 1. The fraction of sp³-hybridized carbons (Fsp3) is 0.462. The molecule has 1 fully saturated rings. The summed E-state index contributed by atoms with van der Waals surface area (Å²) in [5, 5.41) is 11.9. The first-order chi connectivity index (χ1) is 8.99. The molecule has 1 aromatic carbocycles. The summed E-state index contributed by atoms with van der Waals surface area (Å²) in [6.07, 6.45) is 2.25. The molecule has 1 aliphatic rings. The fourth-order valence-electron chi connectivity index (χ4n) is 2.37. The summed E-state index contributed by atoms with van der Waals surface area (Å²) in [4.78, 5) is 13.0. The average Bonchev–Trinajstić information content (AvgIpc) is 2.75. The molecule has 4 N–H and O–H groups in total. The number of nitrogens with two attached hydrogens (primary N) is 1. The van der Waals surface area contributed by atoms with Crippen LogP contribution in [0.1, 0.15) is 23.2 Å². The summed E-state index contributed by atoms with van der Waals surface area (Å²) in [5.41, 5.74) is 6.04. The van der Waals surface area contributed by atoms with Crippen molar-refractivity contribution in [2.75, 3.05) is 31.2 Å². The standard InChI is InChI=1S/C13H18FN3O2/c1-17-4-2-3-8(17)7-16-12-6-10(14)9(13(18)19)5-11(12)15/h5-6,8,16H,2-4,7,15H2,1H3,(H,18,19). The van der Waals surface area contributed by atoms with E-state index in [9.17, 15) is 9.18 Å². The van der Waals surface area contributed by atoms with Crippen molar-refractivity contribution in [3.63, 3.8) is 0 Å². The molecule has 1 atom stereocenters. The molecule has 1 saturated heterocycles. The number of nitrogen functional groups attached to an aromatic ring is 1. The Hall–Kier alpha value is -1.82. The minimum atomic E-state index is -1.31. The van der Waals surface area contributed by atoms with Gasteiger partial charge in [0.05, 0.1) is 16.9 Å². The van der Waals surface area contributed by atoms with E-state index in [1.807, 2.05) is 0 Å². The number of nitrogens with zero attached hydrogens (tertiary/aromatic N) is 1. The number of likely N-dealkylation sites (tertiary alicyclic amines) is 1. The highest BCUT2D eigenvalue weighted by atomic mass is 19.1. The number of nitrogens with one attached hydrogen (secondary N) is 1. The van der Waals surface area contributed by atoms with E-state index in [0.29, 0.717) is 18.3 Å². The maximum atomic E-state index is 13.6.